The summed E-state index contributed by atoms with van der Waals surface area (Å²) in [6, 6.07) is 0. The molecule has 3 aliphatic heterocycles. The number of aliphatic hydroxyl groups excluding tert-OH is 2. The van der Waals surface area contributed by atoms with Gasteiger partial charge in [0.05, 0.1) is 38.5 Å². The third-order valence-corrected chi connectivity index (χ3v) is 21.4. The van der Waals surface area contributed by atoms with Crippen molar-refractivity contribution < 1.29 is 151 Å². The molecule has 11 nitrogen and oxygen atoms in total. The van der Waals surface area contributed by atoms with E-state index in [2.05, 4.69) is 80.0 Å². The number of ether oxygens (including phenoxy) is 4. The monoisotopic (exact) mass is 1250 g/mol. The van der Waals surface area contributed by atoms with Gasteiger partial charge in [-0.15, -0.1) is 16.2 Å². The number of rotatable bonds is 3. The molecule has 0 bridgehead atoms. The maximum Gasteiger partial charge on any atom is 0.318 e. The number of Topliss-reactive ketones (excluding diaryl/α,β-unsaturated/α-hetero) is 2. The average molecular weight is 1250 g/mol. The SMILES string of the molecule is C.CC12[CH-]CCC1=C1OC(=O)C3C(O)C(=O)CCC3(C)C1CC2.CC12[CH-]CCC1=C1OC(=O)C3CC(=O)C(O)CC3(C)C1CC2.C[SiH](C)COC1=CC2C(=O)OC3=C4CC[CH-]C4(C)CCC3C2(C)CC1.[Y].[Y].[Y]. The van der Waals surface area contributed by atoms with Gasteiger partial charge in [0, 0.05) is 135 Å². The normalized spacial score (nSPS) is 42.5. The van der Waals surface area contributed by atoms with E-state index in [1.54, 1.807) is 0 Å². The first-order valence-electron chi connectivity index (χ1n) is 26.7. The van der Waals surface area contributed by atoms with Crippen LogP contribution in [0.1, 0.15) is 165 Å². The van der Waals surface area contributed by atoms with Crippen molar-refractivity contribution >= 4 is 38.3 Å². The zero-order chi connectivity index (χ0) is 49.2. The zero-order valence-electron chi connectivity index (χ0n) is 44.2. The van der Waals surface area contributed by atoms with Crippen molar-refractivity contribution in [2.45, 2.75) is 190 Å². The van der Waals surface area contributed by atoms with Gasteiger partial charge in [-0.2, -0.15) is 19.3 Å². The van der Waals surface area contributed by atoms with Crippen molar-refractivity contribution in [3.8, 4) is 0 Å². The van der Waals surface area contributed by atoms with Crippen molar-refractivity contribution in [1.29, 1.82) is 0 Å². The van der Waals surface area contributed by atoms with Crippen LogP contribution < -0.4 is 0 Å². The van der Waals surface area contributed by atoms with Gasteiger partial charge in [-0.05, 0) is 60.8 Å². The van der Waals surface area contributed by atoms with E-state index >= 15 is 0 Å². The first-order valence-corrected chi connectivity index (χ1v) is 29.8. The summed E-state index contributed by atoms with van der Waals surface area (Å²) in [5, 5.41) is 20.3. The number of carbonyl (C=O) groups is 5. The van der Waals surface area contributed by atoms with E-state index in [9.17, 15) is 34.2 Å². The Labute approximate surface area is 513 Å². The van der Waals surface area contributed by atoms with Gasteiger partial charge in [0.1, 0.15) is 29.5 Å². The Balaban J connectivity index is 0.000000174. The fourth-order valence-electron chi connectivity index (χ4n) is 16.1. The van der Waals surface area contributed by atoms with E-state index in [0.717, 1.165) is 113 Å². The van der Waals surface area contributed by atoms with Crippen LogP contribution in [0.2, 0.25) is 13.1 Å². The van der Waals surface area contributed by atoms with Crippen LogP contribution in [-0.2, 0) is 141 Å². The summed E-state index contributed by atoms with van der Waals surface area (Å²) in [6.45, 7) is 17.8. The van der Waals surface area contributed by atoms with Crippen molar-refractivity contribution in [3.63, 3.8) is 0 Å². The molecule has 12 aliphatic rings. The fourth-order valence-corrected chi connectivity index (χ4v) is 16.7. The molecule has 395 valence electrons. The predicted octanol–water partition coefficient (Wildman–Crippen LogP) is 10.3. The molecular weight excluding hydrogens is 1170 g/mol. The van der Waals surface area contributed by atoms with E-state index in [1.165, 1.54) is 23.1 Å². The predicted molar refractivity (Wildman–Crippen MR) is 267 cm³/mol. The molecule has 73 heavy (non-hydrogen) atoms. The first kappa shape index (κ1) is 62.2. The van der Waals surface area contributed by atoms with E-state index in [0.29, 0.717) is 25.2 Å². The summed E-state index contributed by atoms with van der Waals surface area (Å²) in [7, 11) is -0.748. The number of ketones is 2. The molecule has 15 heteroatoms. The van der Waals surface area contributed by atoms with Crippen molar-refractivity contribution in [1.82, 2.24) is 0 Å². The van der Waals surface area contributed by atoms with Crippen LogP contribution in [0, 0.1) is 87.3 Å². The molecule has 0 aromatic carbocycles. The number of allylic oxidation sites excluding steroid dienone is 7. The second-order valence-electron chi connectivity index (χ2n) is 25.2. The third kappa shape index (κ3) is 10.5. The van der Waals surface area contributed by atoms with Gasteiger partial charge in [-0.1, -0.05) is 117 Å². The van der Waals surface area contributed by atoms with Crippen LogP contribution in [0.3, 0.4) is 0 Å². The maximum atomic E-state index is 12.9. The molecule has 14 atom stereocenters. The van der Waals surface area contributed by atoms with Gasteiger partial charge in [-0.25, -0.2) is 0 Å². The van der Waals surface area contributed by atoms with Gasteiger partial charge in [0.25, 0.3) is 0 Å². The molecule has 3 saturated heterocycles. The van der Waals surface area contributed by atoms with Crippen molar-refractivity contribution in [3.05, 3.63) is 65.1 Å². The quantitative estimate of drug-likeness (QED) is 0.120. The summed E-state index contributed by atoms with van der Waals surface area (Å²) in [6.07, 6.45) is 24.1. The van der Waals surface area contributed by atoms with Crippen LogP contribution in [0.4, 0.5) is 0 Å². The first-order chi connectivity index (χ1) is 32.5. The Morgan fingerprint density at radius 2 is 1.04 bits per heavy atom. The van der Waals surface area contributed by atoms with Crippen LogP contribution in [0.25, 0.3) is 0 Å². The summed E-state index contributed by atoms with van der Waals surface area (Å²) < 4.78 is 23.5. The topological polar surface area (TPSA) is 163 Å². The number of esters is 3. The van der Waals surface area contributed by atoms with Crippen LogP contribution in [0.5, 0.6) is 0 Å². The number of hydrogen-bond donors (Lipinski definition) is 2. The molecule has 9 aliphatic carbocycles. The Kier molecular flexibility index (Phi) is 19.4. The number of aliphatic hydroxyl groups is 2. The molecule has 0 spiro atoms. The van der Waals surface area contributed by atoms with Crippen LogP contribution in [-0.4, -0.2) is 66.9 Å². The number of hydrogen-bond acceptors (Lipinski definition) is 11. The Bertz CT molecular complexity index is 2310. The maximum absolute atomic E-state index is 12.9. The Morgan fingerprint density at radius 3 is 1.55 bits per heavy atom. The summed E-state index contributed by atoms with van der Waals surface area (Å²) in [4.78, 5) is 61.7. The molecule has 14 unspecified atom stereocenters. The van der Waals surface area contributed by atoms with Gasteiger partial charge in [0.15, 0.2) is 11.6 Å². The Morgan fingerprint density at radius 1 is 0.589 bits per heavy atom. The van der Waals surface area contributed by atoms with Crippen LogP contribution >= 0.6 is 0 Å². The average Bonchev–Trinajstić information content (AvgIpc) is 4.02. The van der Waals surface area contributed by atoms with E-state index in [4.69, 9.17) is 18.9 Å². The number of fused-ring (bicyclic) bond motifs is 12. The molecule has 0 aromatic rings. The fraction of sp³-hybridized carbons (Fsp3) is 0.724. The van der Waals surface area contributed by atoms with Crippen LogP contribution in [0.15, 0.2) is 45.8 Å². The second-order valence-corrected chi connectivity index (χ2v) is 28.3. The minimum Gasteiger partial charge on any atom is -0.502 e. The van der Waals surface area contributed by atoms with E-state index in [-0.39, 0.29) is 186 Å². The molecule has 0 aromatic heterocycles. The summed E-state index contributed by atoms with van der Waals surface area (Å²) >= 11 is 0. The Hall–Kier alpha value is -0.0414. The summed E-state index contributed by atoms with van der Waals surface area (Å²) in [5.74, 6) is 2.11. The second kappa shape index (κ2) is 22.8. The van der Waals surface area contributed by atoms with E-state index in [1.807, 2.05) is 0 Å². The molecule has 8 fully saturated rings. The largest absolute Gasteiger partial charge is 0.502 e. The molecule has 0 amide bonds. The smallest absolute Gasteiger partial charge is 0.318 e. The standard InChI is InChI=1S/C21H31O3Si.2C18H23O4.CH4.3Y/c1-20-9-5-6-15(20)18-16(8-10-20)21(2)11-7-14(23-13-25(3)4)12-17(21)19(22)24-18;1-17-7-3-4-10(17)15-11(5-8-17)18(2)9-6-12(19)14(20)13(18)16(21)22-15;1-17-6-3-4-10(17)15-11(5-7-17)18(2)9-14(20)13(19)8-12(18)16(21)22-15;;;;/h9,12,16-17,25H,5-8,10-11,13H2,1-4H3;7,11,13-14,20H,3-6,8-9H2,1-2H3;6,11-12,14,20H,3-5,7-9H2,1-2H3;1H4;;;/q3*-1;;;;. The van der Waals surface area contributed by atoms with Crippen molar-refractivity contribution in [2.24, 2.45) is 68.0 Å². The molecule has 5 saturated carbocycles. The molecule has 3 heterocycles. The minimum absolute atomic E-state index is 0. The van der Waals surface area contributed by atoms with Crippen molar-refractivity contribution in [2.75, 3.05) is 6.23 Å². The molecular formula is C58H81O11SiY3-3. The summed E-state index contributed by atoms with van der Waals surface area (Å²) in [5.41, 5.74) is 3.56. The van der Waals surface area contributed by atoms with Gasteiger partial charge in [0.2, 0.25) is 0 Å². The zero-order valence-corrected chi connectivity index (χ0v) is 53.9. The third-order valence-electron chi connectivity index (χ3n) is 20.6. The number of carbonyl (C=O) groups excluding carboxylic acids is 5. The molecule has 2 N–H and O–H groups in total. The molecule has 12 rings (SSSR count). The van der Waals surface area contributed by atoms with Gasteiger partial charge in [-0.3, -0.25) is 24.0 Å². The van der Waals surface area contributed by atoms with E-state index < -0.39 is 38.8 Å². The van der Waals surface area contributed by atoms with Gasteiger partial charge < -0.3 is 48.4 Å². The minimum atomic E-state index is -1.19. The van der Waals surface area contributed by atoms with Gasteiger partial charge >= 0.3 is 17.9 Å². The molecule has 3 radical (unpaired) electrons.